The highest BCUT2D eigenvalue weighted by molar-refractivity contribution is 5.93. The topological polar surface area (TPSA) is 59.3 Å². The van der Waals surface area contributed by atoms with Gasteiger partial charge in [0.25, 0.3) is 5.91 Å². The van der Waals surface area contributed by atoms with Crippen molar-refractivity contribution in [3.63, 3.8) is 0 Å². The van der Waals surface area contributed by atoms with Gasteiger partial charge in [0.2, 0.25) is 0 Å². The van der Waals surface area contributed by atoms with E-state index in [-0.39, 0.29) is 5.91 Å². The van der Waals surface area contributed by atoms with Gasteiger partial charge in [-0.2, -0.15) is 5.10 Å². The van der Waals surface area contributed by atoms with Gasteiger partial charge in [-0.1, -0.05) is 30.3 Å². The molecule has 0 radical (unpaired) electrons. The number of carbonyl (C=O) groups excluding carboxylic acids is 1. The Morgan fingerprint density at radius 3 is 2.79 bits per heavy atom. The minimum Gasteiger partial charge on any atom is -0.355 e. The van der Waals surface area contributed by atoms with Crippen LogP contribution < -0.4 is 5.32 Å². The summed E-state index contributed by atoms with van der Waals surface area (Å²) < 4.78 is 1.62. The predicted octanol–water partition coefficient (Wildman–Crippen LogP) is 1.76. The Labute approximate surface area is 109 Å². The van der Waals surface area contributed by atoms with Gasteiger partial charge >= 0.3 is 0 Å². The van der Waals surface area contributed by atoms with Crippen LogP contribution in [0.2, 0.25) is 0 Å². The maximum atomic E-state index is 11.5. The lowest BCUT2D eigenvalue weighted by Crippen LogP contribution is -2.18. The third-order valence-electron chi connectivity index (χ3n) is 2.87. The van der Waals surface area contributed by atoms with Crippen LogP contribution in [0.25, 0.3) is 16.9 Å². The summed E-state index contributed by atoms with van der Waals surface area (Å²) in [6.45, 7) is 0. The fraction of sp³-hybridized carbons (Fsp3) is 0.0714. The summed E-state index contributed by atoms with van der Waals surface area (Å²) >= 11 is 0. The number of amides is 1. The second-order valence-electron chi connectivity index (χ2n) is 4.12. The van der Waals surface area contributed by atoms with Gasteiger partial charge in [0.1, 0.15) is 0 Å². The number of aromatic nitrogens is 3. The van der Waals surface area contributed by atoms with Crippen LogP contribution in [0.4, 0.5) is 0 Å². The molecular weight excluding hydrogens is 240 g/mol. The molecule has 1 amide bonds. The maximum Gasteiger partial charge on any atom is 0.254 e. The van der Waals surface area contributed by atoms with Crippen molar-refractivity contribution >= 4 is 11.6 Å². The molecule has 0 bridgehead atoms. The number of carbonyl (C=O) groups is 1. The zero-order valence-electron chi connectivity index (χ0n) is 10.4. The highest BCUT2D eigenvalue weighted by Gasteiger charge is 2.08. The quantitative estimate of drug-likeness (QED) is 0.756. The average Bonchev–Trinajstić information content (AvgIpc) is 2.90. The van der Waals surface area contributed by atoms with Crippen molar-refractivity contribution in [3.8, 4) is 11.3 Å². The van der Waals surface area contributed by atoms with E-state index in [0.29, 0.717) is 11.2 Å². The number of nitrogens with one attached hydrogen (secondary N) is 1. The second-order valence-corrected chi connectivity index (χ2v) is 4.12. The van der Waals surface area contributed by atoms with Crippen LogP contribution in [0, 0.1) is 0 Å². The summed E-state index contributed by atoms with van der Waals surface area (Å²) in [6.07, 6.45) is 3.22. The molecule has 19 heavy (non-hydrogen) atoms. The number of hydrogen-bond acceptors (Lipinski definition) is 3. The lowest BCUT2D eigenvalue weighted by Gasteiger charge is -1.99. The van der Waals surface area contributed by atoms with E-state index in [1.165, 1.54) is 0 Å². The normalized spacial score (nSPS) is 10.6. The van der Waals surface area contributed by atoms with Crippen LogP contribution in [0.5, 0.6) is 0 Å². The van der Waals surface area contributed by atoms with Crippen molar-refractivity contribution in [3.05, 3.63) is 54.4 Å². The Morgan fingerprint density at radius 2 is 2.05 bits per heavy atom. The molecule has 0 aliphatic carbocycles. The Bertz CT molecular complexity index is 734. The lowest BCUT2D eigenvalue weighted by atomic mass is 10.2. The molecule has 2 heterocycles. The monoisotopic (exact) mass is 252 g/mol. The third kappa shape index (κ3) is 2.06. The second kappa shape index (κ2) is 4.53. The van der Waals surface area contributed by atoms with Crippen molar-refractivity contribution in [2.24, 2.45) is 0 Å². The molecule has 2 aromatic heterocycles. The zero-order valence-corrected chi connectivity index (χ0v) is 10.4. The SMILES string of the molecule is CNC(=O)c1cnc2cc(-c3ccccc3)nn2c1. The van der Waals surface area contributed by atoms with Gasteiger partial charge in [-0.25, -0.2) is 9.50 Å². The molecule has 5 heteroatoms. The molecule has 94 valence electrons. The smallest absolute Gasteiger partial charge is 0.254 e. The zero-order chi connectivity index (χ0) is 13.2. The molecule has 1 N–H and O–H groups in total. The van der Waals surface area contributed by atoms with E-state index >= 15 is 0 Å². The summed E-state index contributed by atoms with van der Waals surface area (Å²) in [7, 11) is 1.59. The molecule has 0 saturated carbocycles. The van der Waals surface area contributed by atoms with Crippen molar-refractivity contribution in [2.75, 3.05) is 7.05 Å². The highest BCUT2D eigenvalue weighted by Crippen LogP contribution is 2.18. The minimum absolute atomic E-state index is 0.175. The van der Waals surface area contributed by atoms with Crippen molar-refractivity contribution in [2.45, 2.75) is 0 Å². The molecule has 0 atom stereocenters. The van der Waals surface area contributed by atoms with E-state index in [0.717, 1.165) is 11.3 Å². The molecule has 3 aromatic rings. The molecular formula is C14H12N4O. The Kier molecular flexibility index (Phi) is 2.72. The molecule has 0 saturated heterocycles. The van der Waals surface area contributed by atoms with Crippen LogP contribution in [-0.4, -0.2) is 27.6 Å². The molecule has 0 fully saturated rings. The standard InChI is InChI=1S/C14H12N4O/c1-15-14(19)11-8-16-13-7-12(17-18(13)9-11)10-5-3-2-4-6-10/h2-9H,1H3,(H,15,19). The number of hydrogen-bond donors (Lipinski definition) is 1. The fourth-order valence-electron chi connectivity index (χ4n) is 1.89. The van der Waals surface area contributed by atoms with Gasteiger partial charge in [-0.05, 0) is 0 Å². The molecule has 0 spiro atoms. The van der Waals surface area contributed by atoms with Gasteiger partial charge in [-0.3, -0.25) is 4.79 Å². The molecule has 5 nitrogen and oxygen atoms in total. The molecule has 0 aliphatic rings. The number of rotatable bonds is 2. The minimum atomic E-state index is -0.175. The summed E-state index contributed by atoms with van der Waals surface area (Å²) in [5.41, 5.74) is 3.06. The first-order chi connectivity index (χ1) is 9.28. The molecule has 3 rings (SSSR count). The van der Waals surface area contributed by atoms with E-state index in [1.54, 1.807) is 24.0 Å². The maximum absolute atomic E-state index is 11.5. The van der Waals surface area contributed by atoms with Crippen LogP contribution in [0.1, 0.15) is 10.4 Å². The van der Waals surface area contributed by atoms with Crippen molar-refractivity contribution in [1.29, 1.82) is 0 Å². The predicted molar refractivity (Wildman–Crippen MR) is 71.8 cm³/mol. The van der Waals surface area contributed by atoms with E-state index in [2.05, 4.69) is 15.4 Å². The van der Waals surface area contributed by atoms with E-state index in [1.807, 2.05) is 36.4 Å². The average molecular weight is 252 g/mol. The Morgan fingerprint density at radius 1 is 1.26 bits per heavy atom. The largest absolute Gasteiger partial charge is 0.355 e. The van der Waals surface area contributed by atoms with E-state index in [9.17, 15) is 4.79 Å². The molecule has 0 unspecified atom stereocenters. The van der Waals surface area contributed by atoms with Crippen molar-refractivity contribution < 1.29 is 4.79 Å². The van der Waals surface area contributed by atoms with E-state index < -0.39 is 0 Å². The number of benzene rings is 1. The summed E-state index contributed by atoms with van der Waals surface area (Å²) in [5, 5.41) is 7.00. The Hall–Kier alpha value is -2.69. The van der Waals surface area contributed by atoms with Crippen LogP contribution >= 0.6 is 0 Å². The van der Waals surface area contributed by atoms with Gasteiger partial charge in [-0.15, -0.1) is 0 Å². The fourth-order valence-corrected chi connectivity index (χ4v) is 1.89. The number of nitrogens with zero attached hydrogens (tertiary/aromatic N) is 3. The summed E-state index contributed by atoms with van der Waals surface area (Å²) in [4.78, 5) is 15.8. The van der Waals surface area contributed by atoms with Gasteiger partial charge in [0.05, 0.1) is 11.3 Å². The first-order valence-electron chi connectivity index (χ1n) is 5.91. The summed E-state index contributed by atoms with van der Waals surface area (Å²) in [5.74, 6) is -0.175. The van der Waals surface area contributed by atoms with Gasteiger partial charge in [0.15, 0.2) is 5.65 Å². The highest BCUT2D eigenvalue weighted by atomic mass is 16.1. The first-order valence-corrected chi connectivity index (χ1v) is 5.91. The number of fused-ring (bicyclic) bond motifs is 1. The molecule has 1 aromatic carbocycles. The van der Waals surface area contributed by atoms with Gasteiger partial charge < -0.3 is 5.32 Å². The van der Waals surface area contributed by atoms with E-state index in [4.69, 9.17) is 0 Å². The van der Waals surface area contributed by atoms with Gasteiger partial charge in [0, 0.05) is 31.1 Å². The van der Waals surface area contributed by atoms with Crippen LogP contribution in [0.3, 0.4) is 0 Å². The summed E-state index contributed by atoms with van der Waals surface area (Å²) in [6, 6.07) is 11.7. The Balaban J connectivity index is 2.09. The third-order valence-corrected chi connectivity index (χ3v) is 2.87. The van der Waals surface area contributed by atoms with Crippen LogP contribution in [0.15, 0.2) is 48.8 Å². The lowest BCUT2D eigenvalue weighted by molar-refractivity contribution is 0.0962. The van der Waals surface area contributed by atoms with Crippen LogP contribution in [-0.2, 0) is 0 Å². The first kappa shape index (κ1) is 11.4. The molecule has 0 aliphatic heterocycles. The van der Waals surface area contributed by atoms with Crippen molar-refractivity contribution in [1.82, 2.24) is 19.9 Å².